The first kappa shape index (κ1) is 20.7. The predicted molar refractivity (Wildman–Crippen MR) is 107 cm³/mol. The van der Waals surface area contributed by atoms with Crippen molar-refractivity contribution in [2.75, 3.05) is 11.9 Å². The zero-order chi connectivity index (χ0) is 21.4. The summed E-state index contributed by atoms with van der Waals surface area (Å²) in [6.45, 7) is 4.77. The summed E-state index contributed by atoms with van der Waals surface area (Å²) >= 11 is 0. The van der Waals surface area contributed by atoms with Crippen LogP contribution in [-0.2, 0) is 14.8 Å². The van der Waals surface area contributed by atoms with Gasteiger partial charge in [-0.1, -0.05) is 12.1 Å². The maximum atomic E-state index is 12.3. The van der Waals surface area contributed by atoms with Gasteiger partial charge in [0.15, 0.2) is 0 Å². The molecule has 1 heterocycles. The van der Waals surface area contributed by atoms with Crippen molar-refractivity contribution in [3.05, 3.63) is 59.7 Å². The van der Waals surface area contributed by atoms with Crippen LogP contribution >= 0.6 is 0 Å². The average molecular weight is 415 g/mol. The second kappa shape index (κ2) is 7.41. The van der Waals surface area contributed by atoms with E-state index in [1.165, 1.54) is 36.4 Å². The zero-order valence-electron chi connectivity index (χ0n) is 16.2. The van der Waals surface area contributed by atoms with Gasteiger partial charge in [-0.25, -0.2) is 13.1 Å². The molecule has 1 aliphatic heterocycles. The van der Waals surface area contributed by atoms with Crippen molar-refractivity contribution < 1.29 is 22.8 Å². The van der Waals surface area contributed by atoms with Gasteiger partial charge in [-0.2, -0.15) is 0 Å². The summed E-state index contributed by atoms with van der Waals surface area (Å²) in [5.41, 5.74) is 0.261. The molecular weight excluding hydrogens is 394 g/mol. The molecule has 3 amide bonds. The summed E-state index contributed by atoms with van der Waals surface area (Å²) < 4.78 is 27.2. The SMILES string of the molecule is CC(C)(C)NS(=O)(=O)c1ccc(NC(=O)CN2C(=O)c3ccccc3C2=O)cc1. The molecule has 0 saturated carbocycles. The van der Waals surface area contributed by atoms with Gasteiger partial charge < -0.3 is 5.32 Å². The van der Waals surface area contributed by atoms with Gasteiger partial charge in [0.2, 0.25) is 15.9 Å². The number of rotatable bonds is 5. The van der Waals surface area contributed by atoms with Crippen LogP contribution < -0.4 is 10.0 Å². The molecule has 1 aliphatic rings. The molecule has 0 unspecified atom stereocenters. The van der Waals surface area contributed by atoms with E-state index in [9.17, 15) is 22.8 Å². The highest BCUT2D eigenvalue weighted by Gasteiger charge is 2.36. The number of anilines is 1. The quantitative estimate of drug-likeness (QED) is 0.726. The molecule has 8 nitrogen and oxygen atoms in total. The number of nitrogens with one attached hydrogen (secondary N) is 2. The van der Waals surface area contributed by atoms with Gasteiger partial charge >= 0.3 is 0 Å². The molecular formula is C20H21N3O5S. The Morgan fingerprint density at radius 1 is 0.931 bits per heavy atom. The molecule has 152 valence electrons. The van der Waals surface area contributed by atoms with Gasteiger partial charge in [0.1, 0.15) is 6.54 Å². The van der Waals surface area contributed by atoms with E-state index in [2.05, 4.69) is 10.0 Å². The van der Waals surface area contributed by atoms with Gasteiger partial charge in [0.05, 0.1) is 16.0 Å². The third kappa shape index (κ3) is 4.52. The lowest BCUT2D eigenvalue weighted by Gasteiger charge is -2.20. The molecule has 2 aromatic rings. The summed E-state index contributed by atoms with van der Waals surface area (Å²) in [7, 11) is -3.69. The van der Waals surface area contributed by atoms with Crippen molar-refractivity contribution in [3.8, 4) is 0 Å². The molecule has 29 heavy (non-hydrogen) atoms. The lowest BCUT2D eigenvalue weighted by atomic mass is 10.1. The molecule has 2 aromatic carbocycles. The Kier molecular flexibility index (Phi) is 5.29. The second-order valence-electron chi connectivity index (χ2n) is 7.67. The van der Waals surface area contributed by atoms with E-state index < -0.39 is 39.8 Å². The Morgan fingerprint density at radius 3 is 1.93 bits per heavy atom. The summed E-state index contributed by atoms with van der Waals surface area (Å²) in [5, 5.41) is 2.56. The minimum Gasteiger partial charge on any atom is -0.325 e. The molecule has 0 saturated heterocycles. The van der Waals surface area contributed by atoms with Crippen LogP contribution in [-0.4, -0.2) is 43.1 Å². The van der Waals surface area contributed by atoms with Crippen LogP contribution in [0.4, 0.5) is 5.69 Å². The van der Waals surface area contributed by atoms with Crippen LogP contribution in [0.3, 0.4) is 0 Å². The Hall–Kier alpha value is -3.04. The van der Waals surface area contributed by atoms with Gasteiger partial charge in [0, 0.05) is 11.2 Å². The topological polar surface area (TPSA) is 113 Å². The lowest BCUT2D eigenvalue weighted by molar-refractivity contribution is -0.116. The number of hydrogen-bond donors (Lipinski definition) is 2. The number of benzene rings is 2. The highest BCUT2D eigenvalue weighted by Crippen LogP contribution is 2.22. The first-order valence-corrected chi connectivity index (χ1v) is 10.4. The summed E-state index contributed by atoms with van der Waals surface area (Å²) in [6, 6.07) is 12.0. The number of imide groups is 1. The minimum atomic E-state index is -3.69. The molecule has 0 fully saturated rings. The van der Waals surface area contributed by atoms with Crippen LogP contribution in [0.2, 0.25) is 0 Å². The van der Waals surface area contributed by atoms with Crippen LogP contribution in [0, 0.1) is 0 Å². The van der Waals surface area contributed by atoms with Crippen molar-refractivity contribution in [2.45, 2.75) is 31.2 Å². The molecule has 0 bridgehead atoms. The minimum absolute atomic E-state index is 0.0609. The fourth-order valence-electron chi connectivity index (χ4n) is 2.91. The number of amides is 3. The summed E-state index contributed by atoms with van der Waals surface area (Å²) in [5.74, 6) is -1.60. The number of hydrogen-bond acceptors (Lipinski definition) is 5. The normalized spacial score (nSPS) is 14.1. The maximum Gasteiger partial charge on any atom is 0.262 e. The number of fused-ring (bicyclic) bond motifs is 1. The van der Waals surface area contributed by atoms with E-state index in [0.29, 0.717) is 5.69 Å². The van der Waals surface area contributed by atoms with Crippen molar-refractivity contribution in [2.24, 2.45) is 0 Å². The van der Waals surface area contributed by atoms with Crippen molar-refractivity contribution in [3.63, 3.8) is 0 Å². The molecule has 9 heteroatoms. The van der Waals surface area contributed by atoms with Crippen LogP contribution in [0.25, 0.3) is 0 Å². The van der Waals surface area contributed by atoms with E-state index in [4.69, 9.17) is 0 Å². The number of sulfonamides is 1. The predicted octanol–water partition coefficient (Wildman–Crippen LogP) is 2.00. The molecule has 0 spiro atoms. The maximum absolute atomic E-state index is 12.3. The Bertz CT molecular complexity index is 1050. The monoisotopic (exact) mass is 415 g/mol. The van der Waals surface area contributed by atoms with Gasteiger partial charge in [0.25, 0.3) is 11.8 Å². The highest BCUT2D eigenvalue weighted by atomic mass is 32.2. The Morgan fingerprint density at radius 2 is 1.45 bits per heavy atom. The van der Waals surface area contributed by atoms with E-state index in [0.717, 1.165) is 4.90 Å². The number of carbonyl (C=O) groups excluding carboxylic acids is 3. The smallest absolute Gasteiger partial charge is 0.262 e. The Labute approximate surface area is 169 Å². The average Bonchev–Trinajstić information content (AvgIpc) is 2.85. The van der Waals surface area contributed by atoms with Crippen molar-refractivity contribution >= 4 is 33.4 Å². The first-order chi connectivity index (χ1) is 13.5. The molecule has 2 N–H and O–H groups in total. The zero-order valence-corrected chi connectivity index (χ0v) is 17.0. The standard InChI is InChI=1S/C20H21N3O5S/c1-20(2,3)22-29(27,28)14-10-8-13(9-11-14)21-17(24)12-23-18(25)15-6-4-5-7-16(15)19(23)26/h4-11,22H,12H2,1-3H3,(H,21,24). The molecule has 0 radical (unpaired) electrons. The second-order valence-corrected chi connectivity index (χ2v) is 9.35. The lowest BCUT2D eigenvalue weighted by Crippen LogP contribution is -2.40. The van der Waals surface area contributed by atoms with E-state index >= 15 is 0 Å². The summed E-state index contributed by atoms with van der Waals surface area (Å²) in [6.07, 6.45) is 0. The Balaban J connectivity index is 1.66. The fourth-order valence-corrected chi connectivity index (χ4v) is 4.32. The third-order valence-corrected chi connectivity index (χ3v) is 5.84. The molecule has 0 atom stereocenters. The van der Waals surface area contributed by atoms with E-state index in [-0.39, 0.29) is 16.0 Å². The van der Waals surface area contributed by atoms with Crippen LogP contribution in [0.15, 0.2) is 53.4 Å². The molecule has 0 aliphatic carbocycles. The van der Waals surface area contributed by atoms with E-state index in [1.807, 2.05) is 0 Å². The largest absolute Gasteiger partial charge is 0.325 e. The molecule has 0 aromatic heterocycles. The first-order valence-electron chi connectivity index (χ1n) is 8.87. The van der Waals surface area contributed by atoms with E-state index in [1.54, 1.807) is 32.9 Å². The van der Waals surface area contributed by atoms with Gasteiger partial charge in [-0.05, 0) is 57.2 Å². The van der Waals surface area contributed by atoms with Crippen LogP contribution in [0.5, 0.6) is 0 Å². The third-order valence-electron chi connectivity index (χ3n) is 4.07. The number of carbonyl (C=O) groups is 3. The molecule has 3 rings (SSSR count). The van der Waals surface area contributed by atoms with Gasteiger partial charge in [-0.15, -0.1) is 0 Å². The van der Waals surface area contributed by atoms with Crippen molar-refractivity contribution in [1.82, 2.24) is 9.62 Å². The van der Waals surface area contributed by atoms with Crippen LogP contribution in [0.1, 0.15) is 41.5 Å². The number of nitrogens with zero attached hydrogens (tertiary/aromatic N) is 1. The van der Waals surface area contributed by atoms with Crippen molar-refractivity contribution in [1.29, 1.82) is 0 Å². The fraction of sp³-hybridized carbons (Fsp3) is 0.250. The van der Waals surface area contributed by atoms with Gasteiger partial charge in [-0.3, -0.25) is 19.3 Å². The highest BCUT2D eigenvalue weighted by molar-refractivity contribution is 7.89. The summed E-state index contributed by atoms with van der Waals surface area (Å²) in [4.78, 5) is 37.9.